The van der Waals surface area contributed by atoms with Crippen molar-refractivity contribution < 1.29 is 9.53 Å². The van der Waals surface area contributed by atoms with Crippen molar-refractivity contribution in [2.45, 2.75) is 19.4 Å². The lowest BCUT2D eigenvalue weighted by molar-refractivity contribution is -0.149. The van der Waals surface area contributed by atoms with E-state index in [1.165, 1.54) is 0 Å². The predicted octanol–water partition coefficient (Wildman–Crippen LogP) is 1.42. The Kier molecular flexibility index (Phi) is 3.50. The smallest absolute Gasteiger partial charge is 0.316 e. The summed E-state index contributed by atoms with van der Waals surface area (Å²) in [7, 11) is 0. The average molecular weight is 160 g/mol. The van der Waals surface area contributed by atoms with Gasteiger partial charge >= 0.3 is 5.97 Å². The Hall–Kier alpha value is -0.440. The van der Waals surface area contributed by atoms with Crippen LogP contribution in [0.5, 0.6) is 0 Å². The van der Waals surface area contributed by atoms with Crippen LogP contribution in [0.3, 0.4) is 0 Å². The highest BCUT2D eigenvalue weighted by atomic mass is 32.1. The molecule has 3 heteroatoms. The minimum Gasteiger partial charge on any atom is -0.455 e. The Morgan fingerprint density at radius 2 is 2.30 bits per heavy atom. The van der Waals surface area contributed by atoms with E-state index in [0.29, 0.717) is 0 Å². The lowest BCUT2D eigenvalue weighted by Gasteiger charge is -2.19. The predicted molar refractivity (Wildman–Crippen MR) is 44.2 cm³/mol. The van der Waals surface area contributed by atoms with Crippen LogP contribution < -0.4 is 0 Å². The number of ether oxygens (including phenoxy) is 1. The Bertz CT molecular complexity index is 141. The molecule has 0 aromatic carbocycles. The van der Waals surface area contributed by atoms with Crippen molar-refractivity contribution in [2.75, 3.05) is 5.75 Å². The molecule has 0 aromatic rings. The molecule has 0 aromatic heterocycles. The highest BCUT2D eigenvalue weighted by Gasteiger charge is 2.16. The molecule has 0 heterocycles. The molecule has 0 aliphatic carbocycles. The first-order valence-electron chi connectivity index (χ1n) is 2.98. The topological polar surface area (TPSA) is 26.3 Å². The monoisotopic (exact) mass is 160 g/mol. The number of carbonyl (C=O) groups excluding carboxylic acids is 1. The molecule has 0 aliphatic rings. The van der Waals surface area contributed by atoms with Gasteiger partial charge in [0.1, 0.15) is 5.60 Å². The van der Waals surface area contributed by atoms with Crippen LogP contribution in [0.4, 0.5) is 0 Å². The average Bonchev–Trinajstić information content (AvgIpc) is 1.87. The van der Waals surface area contributed by atoms with E-state index in [4.69, 9.17) is 4.74 Å². The molecule has 0 unspecified atom stereocenters. The molecule has 10 heavy (non-hydrogen) atoms. The first kappa shape index (κ1) is 9.56. The Labute approximate surface area is 66.7 Å². The lowest BCUT2D eigenvalue weighted by atomic mass is 10.1. The largest absolute Gasteiger partial charge is 0.455 e. The van der Waals surface area contributed by atoms with Crippen LogP contribution in [-0.4, -0.2) is 17.3 Å². The third-order valence-corrected chi connectivity index (χ3v) is 1.26. The molecule has 0 saturated heterocycles. The molecule has 0 fully saturated rings. The van der Waals surface area contributed by atoms with Crippen LogP contribution in [0.1, 0.15) is 13.8 Å². The first-order valence-corrected chi connectivity index (χ1v) is 3.61. The van der Waals surface area contributed by atoms with E-state index in [9.17, 15) is 4.79 Å². The second-order valence-electron chi connectivity index (χ2n) is 2.44. The van der Waals surface area contributed by atoms with Gasteiger partial charge in [0.15, 0.2) is 0 Å². The van der Waals surface area contributed by atoms with Crippen molar-refractivity contribution in [3.63, 3.8) is 0 Å². The summed E-state index contributed by atoms with van der Waals surface area (Å²) in [6.07, 6.45) is 1.58. The molecular formula is C7H12O2S. The third kappa shape index (κ3) is 3.56. The van der Waals surface area contributed by atoms with Gasteiger partial charge < -0.3 is 4.74 Å². The summed E-state index contributed by atoms with van der Waals surface area (Å²) in [6, 6.07) is 0. The van der Waals surface area contributed by atoms with Crippen LogP contribution >= 0.6 is 12.6 Å². The summed E-state index contributed by atoms with van der Waals surface area (Å²) in [5, 5.41) is 0. The quantitative estimate of drug-likeness (QED) is 0.384. The molecule has 0 N–H and O–H groups in total. The van der Waals surface area contributed by atoms with E-state index in [1.54, 1.807) is 19.9 Å². The van der Waals surface area contributed by atoms with Crippen LogP contribution in [0.2, 0.25) is 0 Å². The fourth-order valence-corrected chi connectivity index (χ4v) is 0.432. The minimum atomic E-state index is -0.570. The van der Waals surface area contributed by atoms with Gasteiger partial charge in [-0.25, -0.2) is 0 Å². The van der Waals surface area contributed by atoms with Gasteiger partial charge in [0.25, 0.3) is 0 Å². The molecule has 0 atom stereocenters. The maximum atomic E-state index is 10.6. The van der Waals surface area contributed by atoms with Crippen LogP contribution in [0.15, 0.2) is 12.7 Å². The summed E-state index contributed by atoms with van der Waals surface area (Å²) in [4.78, 5) is 10.6. The fraction of sp³-hybridized carbons (Fsp3) is 0.571. The molecule has 58 valence electrons. The molecule has 0 spiro atoms. The summed E-state index contributed by atoms with van der Waals surface area (Å²) in [5.74, 6) is -0.217. The molecule has 0 bridgehead atoms. The number of rotatable bonds is 3. The van der Waals surface area contributed by atoms with E-state index >= 15 is 0 Å². The zero-order valence-electron chi connectivity index (χ0n) is 6.26. The van der Waals surface area contributed by atoms with Gasteiger partial charge in [0.05, 0.1) is 5.75 Å². The highest BCUT2D eigenvalue weighted by molar-refractivity contribution is 7.81. The van der Waals surface area contributed by atoms with Crippen molar-refractivity contribution in [1.29, 1.82) is 0 Å². The fourth-order valence-electron chi connectivity index (χ4n) is 0.367. The van der Waals surface area contributed by atoms with E-state index in [1.807, 2.05) is 0 Å². The first-order chi connectivity index (χ1) is 4.52. The van der Waals surface area contributed by atoms with Crippen molar-refractivity contribution in [3.05, 3.63) is 12.7 Å². The summed E-state index contributed by atoms with van der Waals surface area (Å²) >= 11 is 3.76. The number of thiol groups is 1. The Morgan fingerprint density at radius 1 is 1.80 bits per heavy atom. The molecule has 0 rings (SSSR count). The van der Waals surface area contributed by atoms with Crippen molar-refractivity contribution in [2.24, 2.45) is 0 Å². The highest BCUT2D eigenvalue weighted by Crippen LogP contribution is 2.09. The maximum absolute atomic E-state index is 10.6. The number of hydrogen-bond acceptors (Lipinski definition) is 3. The van der Waals surface area contributed by atoms with Crippen LogP contribution in [0.25, 0.3) is 0 Å². The van der Waals surface area contributed by atoms with Crippen LogP contribution in [0, 0.1) is 0 Å². The molecule has 0 amide bonds. The summed E-state index contributed by atoms with van der Waals surface area (Å²) in [6.45, 7) is 7.05. The second kappa shape index (κ2) is 3.66. The zero-order chi connectivity index (χ0) is 8.20. The van der Waals surface area contributed by atoms with Crippen LogP contribution in [-0.2, 0) is 9.53 Å². The third-order valence-electron chi connectivity index (χ3n) is 0.998. The Balaban J connectivity index is 3.88. The van der Waals surface area contributed by atoms with Gasteiger partial charge in [0, 0.05) is 0 Å². The van der Waals surface area contributed by atoms with Gasteiger partial charge in [-0.05, 0) is 19.9 Å². The molecule has 0 aliphatic heterocycles. The van der Waals surface area contributed by atoms with Crippen molar-refractivity contribution >= 4 is 18.6 Å². The lowest BCUT2D eigenvalue weighted by Crippen LogP contribution is -2.25. The van der Waals surface area contributed by atoms with E-state index < -0.39 is 5.60 Å². The number of esters is 1. The Morgan fingerprint density at radius 3 is 2.60 bits per heavy atom. The van der Waals surface area contributed by atoms with Gasteiger partial charge in [0.2, 0.25) is 0 Å². The number of carbonyl (C=O) groups is 1. The number of hydrogen-bond donors (Lipinski definition) is 1. The normalized spacial score (nSPS) is 10.7. The van der Waals surface area contributed by atoms with Crippen molar-refractivity contribution in [1.82, 2.24) is 0 Å². The zero-order valence-corrected chi connectivity index (χ0v) is 7.15. The molecule has 2 nitrogen and oxygen atoms in total. The van der Waals surface area contributed by atoms with Gasteiger partial charge in [-0.15, -0.1) is 0 Å². The minimum absolute atomic E-state index is 0.108. The molecular weight excluding hydrogens is 148 g/mol. The van der Waals surface area contributed by atoms with E-state index in [-0.39, 0.29) is 11.7 Å². The van der Waals surface area contributed by atoms with Crippen molar-refractivity contribution in [3.8, 4) is 0 Å². The standard InChI is InChI=1S/C7H12O2S/c1-4-7(2,3)9-6(8)5-10/h4,10H,1,5H2,2-3H3. The summed E-state index contributed by atoms with van der Waals surface area (Å²) < 4.78 is 4.90. The van der Waals surface area contributed by atoms with E-state index in [2.05, 4.69) is 19.2 Å². The summed E-state index contributed by atoms with van der Waals surface area (Å²) in [5.41, 5.74) is -0.570. The second-order valence-corrected chi connectivity index (χ2v) is 2.76. The van der Waals surface area contributed by atoms with Gasteiger partial charge in [-0.1, -0.05) is 6.58 Å². The molecule has 0 radical (unpaired) electrons. The van der Waals surface area contributed by atoms with E-state index in [0.717, 1.165) is 0 Å². The molecule has 0 saturated carbocycles. The van der Waals surface area contributed by atoms with Gasteiger partial charge in [-0.3, -0.25) is 4.79 Å². The SMILES string of the molecule is C=CC(C)(C)OC(=O)CS. The van der Waals surface area contributed by atoms with Gasteiger partial charge in [-0.2, -0.15) is 12.6 Å². The maximum Gasteiger partial charge on any atom is 0.316 e.